The van der Waals surface area contributed by atoms with Gasteiger partial charge in [-0.2, -0.15) is 0 Å². The summed E-state index contributed by atoms with van der Waals surface area (Å²) in [6, 6.07) is 6.16. The smallest absolute Gasteiger partial charge is 0.503 e. The summed E-state index contributed by atoms with van der Waals surface area (Å²) in [6.45, 7) is 0. The van der Waals surface area contributed by atoms with E-state index in [4.69, 9.17) is 5.11 Å². The predicted molar refractivity (Wildman–Crippen MR) is 42.1 cm³/mol. The molecular weight excluding hydrogens is 260 g/mol. The van der Waals surface area contributed by atoms with Gasteiger partial charge in [0.25, 0.3) is 0 Å². The van der Waals surface area contributed by atoms with Crippen LogP contribution in [-0.2, 0) is 17.1 Å². The van der Waals surface area contributed by atoms with E-state index in [2.05, 4.69) is 15.9 Å². The molecule has 2 nitrogen and oxygen atoms in total. The fraction of sp³-hybridized carbons (Fsp3) is 0. The number of hydrogen-bond acceptors (Lipinski definition) is 2. The molecule has 0 aliphatic heterocycles. The van der Waals surface area contributed by atoms with Crippen LogP contribution in [-0.4, -0.2) is 5.11 Å². The number of hydrogen-bond donors (Lipinski definition) is 1. The molecule has 1 N–H and O–H groups in total. The molecule has 0 atom stereocenters. The summed E-state index contributed by atoms with van der Waals surface area (Å²) in [7, 11) is 0. The summed E-state index contributed by atoms with van der Waals surface area (Å²) in [5.74, 6) is -0.245. The van der Waals surface area contributed by atoms with Gasteiger partial charge >= 0.3 is 17.1 Å². The fourth-order valence-corrected chi connectivity index (χ4v) is 0.907. The molecule has 0 aromatic heterocycles. The van der Waals surface area contributed by atoms with Gasteiger partial charge in [-0.25, -0.2) is 0 Å². The van der Waals surface area contributed by atoms with Crippen molar-refractivity contribution in [1.29, 1.82) is 0 Å². The molecule has 0 aliphatic rings. The first kappa shape index (κ1) is 10.7. The van der Waals surface area contributed by atoms with Crippen LogP contribution in [0.5, 0.6) is 5.75 Å². The van der Waals surface area contributed by atoms with Gasteiger partial charge in [-0.3, -0.25) is 4.79 Å². The van der Waals surface area contributed by atoms with Gasteiger partial charge in [-0.1, -0.05) is 12.1 Å². The fourth-order valence-electron chi connectivity index (χ4n) is 0.559. The Labute approximate surface area is 82.9 Å². The van der Waals surface area contributed by atoms with E-state index in [-0.39, 0.29) is 28.2 Å². The zero-order valence-electron chi connectivity index (χ0n) is 5.34. The van der Waals surface area contributed by atoms with E-state index in [9.17, 15) is 4.79 Å². The molecule has 11 heavy (non-hydrogen) atoms. The maximum absolute atomic E-state index is 10.8. The second kappa shape index (κ2) is 4.54. The minimum atomic E-state index is -0.378. The summed E-state index contributed by atoms with van der Waals surface area (Å²) in [5, 5.41) is 9.01. The third kappa shape index (κ3) is 2.66. The molecule has 4 heteroatoms. The second-order valence-electron chi connectivity index (χ2n) is 1.78. The molecule has 1 aromatic rings. The Morgan fingerprint density at radius 1 is 1.27 bits per heavy atom. The van der Waals surface area contributed by atoms with E-state index in [1.54, 1.807) is 18.2 Å². The molecule has 0 amide bonds. The Bertz CT molecular complexity index is 301. The van der Waals surface area contributed by atoms with Crippen molar-refractivity contribution in [3.8, 4) is 5.75 Å². The molecule has 0 saturated heterocycles. The first-order valence-corrected chi connectivity index (χ1v) is 3.49. The van der Waals surface area contributed by atoms with Crippen LogP contribution in [0.1, 0.15) is 0 Å². The van der Waals surface area contributed by atoms with Gasteiger partial charge in [0, 0.05) is 0 Å². The number of rotatable bonds is 0. The first-order valence-electron chi connectivity index (χ1n) is 2.69. The monoisotopic (exact) mass is 263 g/mol. The maximum atomic E-state index is 10.8. The summed E-state index contributed by atoms with van der Waals surface area (Å²) in [4.78, 5) is 10.8. The molecule has 0 unspecified atom stereocenters. The van der Waals surface area contributed by atoms with Crippen molar-refractivity contribution in [3.05, 3.63) is 39.0 Å². The van der Waals surface area contributed by atoms with Gasteiger partial charge in [0.05, 0.1) is 4.47 Å². The van der Waals surface area contributed by atoms with Gasteiger partial charge in [0.1, 0.15) is 0 Å². The van der Waals surface area contributed by atoms with Crippen LogP contribution >= 0.6 is 15.9 Å². The number of aromatic hydroxyl groups is 1. The van der Waals surface area contributed by atoms with Crippen LogP contribution in [0.25, 0.3) is 0 Å². The van der Waals surface area contributed by atoms with Crippen LogP contribution in [0.15, 0.2) is 33.5 Å². The van der Waals surface area contributed by atoms with E-state index in [0.29, 0.717) is 4.47 Å². The Balaban J connectivity index is 0.000001000. The van der Waals surface area contributed by atoms with Crippen LogP contribution in [0.3, 0.4) is 0 Å². The van der Waals surface area contributed by atoms with Crippen LogP contribution < -0.4 is 5.43 Å². The largest absolute Gasteiger partial charge is 1.00 e. The molecule has 0 radical (unpaired) electrons. The van der Waals surface area contributed by atoms with Gasteiger partial charge in [0.15, 0.2) is 5.75 Å². The third-order valence-corrected chi connectivity index (χ3v) is 1.70. The van der Waals surface area contributed by atoms with Crippen LogP contribution in [0.4, 0.5) is 0 Å². The van der Waals surface area contributed by atoms with E-state index in [1.165, 1.54) is 6.07 Å². The zero-order chi connectivity index (χ0) is 7.56. The van der Waals surface area contributed by atoms with E-state index in [1.807, 2.05) is 0 Å². The van der Waals surface area contributed by atoms with Crippen molar-refractivity contribution >= 4 is 15.9 Å². The Morgan fingerprint density at radius 3 is 2.45 bits per heavy atom. The Morgan fingerprint density at radius 2 is 1.82 bits per heavy atom. The van der Waals surface area contributed by atoms with Gasteiger partial charge in [-0.05, 0) is 28.1 Å². The predicted octanol–water partition coefficient (Wildman–Crippen LogP) is 1.51. The van der Waals surface area contributed by atoms with Gasteiger partial charge in [0.2, 0.25) is 5.43 Å². The summed E-state index contributed by atoms with van der Waals surface area (Å²) >= 11 is 3.03. The molecule has 0 fully saturated rings. The maximum Gasteiger partial charge on any atom is 1.00 e. The Kier molecular flexibility index (Phi) is 4.42. The SMILES string of the molecule is O=c1ccccc(Br)c1O.[Cu+]. The molecule has 0 heterocycles. The summed E-state index contributed by atoms with van der Waals surface area (Å²) < 4.78 is 0.419. The van der Waals surface area contributed by atoms with Crippen LogP contribution in [0, 0.1) is 0 Å². The molecule has 0 spiro atoms. The minimum absolute atomic E-state index is 0. The van der Waals surface area contributed by atoms with Crippen molar-refractivity contribution < 1.29 is 22.2 Å². The second-order valence-corrected chi connectivity index (χ2v) is 2.63. The van der Waals surface area contributed by atoms with Crippen molar-refractivity contribution in [2.45, 2.75) is 0 Å². The van der Waals surface area contributed by atoms with E-state index >= 15 is 0 Å². The molecule has 1 rings (SSSR count). The van der Waals surface area contributed by atoms with Crippen molar-refractivity contribution in [1.82, 2.24) is 0 Å². The van der Waals surface area contributed by atoms with Gasteiger partial charge < -0.3 is 5.11 Å². The molecule has 1 aromatic carbocycles. The quantitative estimate of drug-likeness (QED) is 0.721. The number of halogens is 1. The topological polar surface area (TPSA) is 37.3 Å². The molecule has 62 valence electrons. The molecular formula is C7H5BrCuO2+. The summed E-state index contributed by atoms with van der Waals surface area (Å²) in [5.41, 5.74) is -0.378. The van der Waals surface area contributed by atoms with Crippen molar-refractivity contribution in [2.24, 2.45) is 0 Å². The molecule has 0 bridgehead atoms. The zero-order valence-corrected chi connectivity index (χ0v) is 7.87. The third-order valence-electron chi connectivity index (χ3n) is 1.06. The van der Waals surface area contributed by atoms with E-state index < -0.39 is 0 Å². The van der Waals surface area contributed by atoms with Gasteiger partial charge in [-0.15, -0.1) is 0 Å². The average molecular weight is 265 g/mol. The summed E-state index contributed by atoms with van der Waals surface area (Å²) in [6.07, 6.45) is 0. The van der Waals surface area contributed by atoms with Crippen molar-refractivity contribution in [2.75, 3.05) is 0 Å². The molecule has 0 aliphatic carbocycles. The van der Waals surface area contributed by atoms with Crippen LogP contribution in [0.2, 0.25) is 0 Å². The standard InChI is InChI=1S/C7H5BrO2.Cu/c8-5-3-1-2-4-6(9)7(5)10;/h1-4H,(H,9,10);/q;+1. The Hall–Kier alpha value is -0.311. The van der Waals surface area contributed by atoms with Crippen molar-refractivity contribution in [3.63, 3.8) is 0 Å². The minimum Gasteiger partial charge on any atom is -0.503 e. The molecule has 0 saturated carbocycles. The average Bonchev–Trinajstić information content (AvgIpc) is 2.04. The normalized spacial score (nSPS) is 8.45. The first-order chi connectivity index (χ1) is 4.72. The van der Waals surface area contributed by atoms with E-state index in [0.717, 1.165) is 0 Å².